The van der Waals surface area contributed by atoms with Crippen LogP contribution in [0.25, 0.3) is 0 Å². The molecule has 0 aliphatic carbocycles. The molecule has 122 valence electrons. The molecule has 1 N–H and O–H groups in total. The summed E-state index contributed by atoms with van der Waals surface area (Å²) in [5.74, 6) is 0.398. The summed E-state index contributed by atoms with van der Waals surface area (Å²) in [7, 11) is 8.53. The standard InChI is InChI=1S/C16H37N3O/c1-15(14-20)13-16(2)19(11-7-9-17(3)4)12-8-10-18(5)6/h15-16,20H,7-14H2,1-6H3. The van der Waals surface area contributed by atoms with Gasteiger partial charge >= 0.3 is 0 Å². The van der Waals surface area contributed by atoms with E-state index in [9.17, 15) is 5.11 Å². The lowest BCUT2D eigenvalue weighted by molar-refractivity contribution is 0.146. The molecule has 0 aliphatic heterocycles. The van der Waals surface area contributed by atoms with Gasteiger partial charge in [0.1, 0.15) is 0 Å². The van der Waals surface area contributed by atoms with E-state index in [0.29, 0.717) is 18.6 Å². The first-order chi connectivity index (χ1) is 9.36. The summed E-state index contributed by atoms with van der Waals surface area (Å²) in [5, 5.41) is 9.23. The van der Waals surface area contributed by atoms with Crippen molar-refractivity contribution in [1.29, 1.82) is 0 Å². The quantitative estimate of drug-likeness (QED) is 0.590. The third kappa shape index (κ3) is 10.6. The van der Waals surface area contributed by atoms with Gasteiger partial charge in [-0.2, -0.15) is 0 Å². The minimum absolute atomic E-state index is 0.299. The smallest absolute Gasteiger partial charge is 0.0457 e. The Hall–Kier alpha value is -0.160. The van der Waals surface area contributed by atoms with Gasteiger partial charge in [-0.1, -0.05) is 6.92 Å². The van der Waals surface area contributed by atoms with Gasteiger partial charge < -0.3 is 19.8 Å². The lowest BCUT2D eigenvalue weighted by atomic mass is 10.0. The van der Waals surface area contributed by atoms with Crippen LogP contribution in [0.4, 0.5) is 0 Å². The van der Waals surface area contributed by atoms with Crippen molar-refractivity contribution in [2.24, 2.45) is 5.92 Å². The molecule has 0 aromatic rings. The van der Waals surface area contributed by atoms with Crippen molar-refractivity contribution in [1.82, 2.24) is 14.7 Å². The van der Waals surface area contributed by atoms with Crippen LogP contribution in [0.1, 0.15) is 33.1 Å². The van der Waals surface area contributed by atoms with Crippen molar-refractivity contribution in [2.75, 3.05) is 61.0 Å². The fourth-order valence-corrected chi connectivity index (χ4v) is 2.54. The molecule has 4 heteroatoms. The molecule has 0 aromatic heterocycles. The molecule has 20 heavy (non-hydrogen) atoms. The molecule has 0 rings (SSSR count). The first kappa shape index (κ1) is 19.8. The summed E-state index contributed by atoms with van der Waals surface area (Å²) >= 11 is 0. The SMILES string of the molecule is CC(CO)CC(C)N(CCCN(C)C)CCCN(C)C. The fraction of sp³-hybridized carbons (Fsp3) is 1.00. The predicted molar refractivity (Wildman–Crippen MR) is 88.2 cm³/mol. The summed E-state index contributed by atoms with van der Waals surface area (Å²) in [4.78, 5) is 7.09. The molecule has 0 aliphatic rings. The maximum absolute atomic E-state index is 9.23. The highest BCUT2D eigenvalue weighted by atomic mass is 16.3. The monoisotopic (exact) mass is 287 g/mol. The summed E-state index contributed by atoms with van der Waals surface area (Å²) < 4.78 is 0. The second-order valence-corrected chi connectivity index (χ2v) is 6.72. The van der Waals surface area contributed by atoms with E-state index in [4.69, 9.17) is 0 Å². The van der Waals surface area contributed by atoms with Crippen LogP contribution in [0.3, 0.4) is 0 Å². The molecule has 0 radical (unpaired) electrons. The van der Waals surface area contributed by atoms with E-state index in [1.165, 1.54) is 12.8 Å². The lowest BCUT2D eigenvalue weighted by Gasteiger charge is -2.31. The van der Waals surface area contributed by atoms with Crippen molar-refractivity contribution < 1.29 is 5.11 Å². The molecule has 0 spiro atoms. The third-order valence-electron chi connectivity index (χ3n) is 3.78. The van der Waals surface area contributed by atoms with Crippen LogP contribution in [0.2, 0.25) is 0 Å². The Labute approximate surface area is 126 Å². The molecule has 0 saturated carbocycles. The topological polar surface area (TPSA) is 30.0 Å². The maximum Gasteiger partial charge on any atom is 0.0457 e. The van der Waals surface area contributed by atoms with Crippen molar-refractivity contribution in [2.45, 2.75) is 39.2 Å². The Morgan fingerprint density at radius 2 is 1.25 bits per heavy atom. The highest BCUT2D eigenvalue weighted by molar-refractivity contribution is 4.71. The van der Waals surface area contributed by atoms with E-state index in [-0.39, 0.29) is 0 Å². The Balaban J connectivity index is 4.21. The molecule has 4 nitrogen and oxygen atoms in total. The second-order valence-electron chi connectivity index (χ2n) is 6.72. The van der Waals surface area contributed by atoms with Crippen LogP contribution >= 0.6 is 0 Å². The predicted octanol–water partition coefficient (Wildman–Crippen LogP) is 1.60. The molecule has 0 amide bonds. The van der Waals surface area contributed by atoms with Crippen LogP contribution in [0, 0.1) is 5.92 Å². The van der Waals surface area contributed by atoms with Gasteiger partial charge in [-0.05, 0) is 86.5 Å². The van der Waals surface area contributed by atoms with Gasteiger partial charge in [0.2, 0.25) is 0 Å². The number of nitrogens with zero attached hydrogens (tertiary/aromatic N) is 3. The van der Waals surface area contributed by atoms with Crippen molar-refractivity contribution in [3.63, 3.8) is 0 Å². The van der Waals surface area contributed by atoms with E-state index < -0.39 is 0 Å². The van der Waals surface area contributed by atoms with Gasteiger partial charge in [0, 0.05) is 12.6 Å². The lowest BCUT2D eigenvalue weighted by Crippen LogP contribution is -2.38. The number of hydrogen-bond acceptors (Lipinski definition) is 4. The van der Waals surface area contributed by atoms with Crippen molar-refractivity contribution >= 4 is 0 Å². The Bertz CT molecular complexity index is 208. The molecule has 0 heterocycles. The van der Waals surface area contributed by atoms with E-state index >= 15 is 0 Å². The van der Waals surface area contributed by atoms with Gasteiger partial charge in [-0.3, -0.25) is 0 Å². The van der Waals surface area contributed by atoms with E-state index in [2.05, 4.69) is 56.7 Å². The number of rotatable bonds is 12. The minimum atomic E-state index is 0.299. The molecular weight excluding hydrogens is 250 g/mol. The average molecular weight is 287 g/mol. The second kappa shape index (κ2) is 11.5. The van der Waals surface area contributed by atoms with Gasteiger partial charge in [-0.15, -0.1) is 0 Å². The van der Waals surface area contributed by atoms with E-state index in [1.807, 2.05) is 0 Å². The first-order valence-electron chi connectivity index (χ1n) is 8.01. The van der Waals surface area contributed by atoms with Crippen LogP contribution < -0.4 is 0 Å². The summed E-state index contributed by atoms with van der Waals surface area (Å²) in [6, 6.07) is 0.557. The van der Waals surface area contributed by atoms with Crippen molar-refractivity contribution in [3.05, 3.63) is 0 Å². The van der Waals surface area contributed by atoms with Gasteiger partial charge in [-0.25, -0.2) is 0 Å². The van der Waals surface area contributed by atoms with Crippen LogP contribution in [0.15, 0.2) is 0 Å². The Morgan fingerprint density at radius 1 is 0.800 bits per heavy atom. The zero-order chi connectivity index (χ0) is 15.5. The largest absolute Gasteiger partial charge is 0.396 e. The molecule has 0 aromatic carbocycles. The third-order valence-corrected chi connectivity index (χ3v) is 3.78. The maximum atomic E-state index is 9.23. The Kier molecular flexibility index (Phi) is 11.4. The summed E-state index contributed by atoms with van der Waals surface area (Å²) in [5.41, 5.74) is 0. The minimum Gasteiger partial charge on any atom is -0.396 e. The van der Waals surface area contributed by atoms with Crippen LogP contribution in [0.5, 0.6) is 0 Å². The normalized spacial score (nSPS) is 15.3. The molecule has 2 atom stereocenters. The van der Waals surface area contributed by atoms with Crippen molar-refractivity contribution in [3.8, 4) is 0 Å². The molecule has 0 fully saturated rings. The summed E-state index contributed by atoms with van der Waals surface area (Å²) in [6.45, 7) is 9.34. The molecule has 0 saturated heterocycles. The number of aliphatic hydroxyl groups excluding tert-OH is 1. The number of aliphatic hydroxyl groups is 1. The highest BCUT2D eigenvalue weighted by Gasteiger charge is 2.16. The highest BCUT2D eigenvalue weighted by Crippen LogP contribution is 2.12. The van der Waals surface area contributed by atoms with Gasteiger partial charge in [0.05, 0.1) is 0 Å². The number of hydrogen-bond donors (Lipinski definition) is 1. The molecule has 0 bridgehead atoms. The Morgan fingerprint density at radius 3 is 1.60 bits per heavy atom. The zero-order valence-electron chi connectivity index (χ0n) is 14.6. The van der Waals surface area contributed by atoms with Crippen LogP contribution in [-0.2, 0) is 0 Å². The van der Waals surface area contributed by atoms with Gasteiger partial charge in [0.15, 0.2) is 0 Å². The van der Waals surface area contributed by atoms with E-state index in [1.54, 1.807) is 0 Å². The molecule has 2 unspecified atom stereocenters. The fourth-order valence-electron chi connectivity index (χ4n) is 2.54. The van der Waals surface area contributed by atoms with Gasteiger partial charge in [0.25, 0.3) is 0 Å². The summed E-state index contributed by atoms with van der Waals surface area (Å²) in [6.07, 6.45) is 3.51. The van der Waals surface area contributed by atoms with E-state index in [0.717, 1.165) is 32.6 Å². The zero-order valence-corrected chi connectivity index (χ0v) is 14.6. The van der Waals surface area contributed by atoms with Crippen LogP contribution in [-0.4, -0.2) is 86.8 Å². The molecular formula is C16H37N3O. The average Bonchev–Trinajstić information content (AvgIpc) is 2.35. The first-order valence-corrected chi connectivity index (χ1v) is 8.01.